The van der Waals surface area contributed by atoms with E-state index in [9.17, 15) is 19.2 Å². The Hall–Kier alpha value is -2.60. The van der Waals surface area contributed by atoms with Crippen molar-refractivity contribution in [2.45, 2.75) is 135 Å². The van der Waals surface area contributed by atoms with E-state index < -0.39 is 54.6 Å². The average Bonchev–Trinajstić information content (AvgIpc) is 3.17. The van der Waals surface area contributed by atoms with E-state index in [1.54, 1.807) is 0 Å². The van der Waals surface area contributed by atoms with E-state index in [4.69, 9.17) is 30.1 Å². The summed E-state index contributed by atoms with van der Waals surface area (Å²) in [7, 11) is 0. The summed E-state index contributed by atoms with van der Waals surface area (Å²) in [5, 5.41) is 0. The minimum Gasteiger partial charge on any atom is -0.455 e. The topological polar surface area (TPSA) is 114 Å². The van der Waals surface area contributed by atoms with Crippen LogP contribution in [0.25, 0.3) is 0 Å². The molecule has 5 atom stereocenters. The lowest BCUT2D eigenvalue weighted by atomic mass is 10.0. The first-order chi connectivity index (χ1) is 17.3. The maximum absolute atomic E-state index is 12.6. The third kappa shape index (κ3) is 11.0. The summed E-state index contributed by atoms with van der Waals surface area (Å²) in [5.41, 5.74) is 0. The molecule has 1 rings (SSSR count). The fourth-order valence-electron chi connectivity index (χ4n) is 3.54. The molecule has 0 spiro atoms. The van der Waals surface area contributed by atoms with Gasteiger partial charge in [0.2, 0.25) is 12.4 Å². The van der Waals surface area contributed by atoms with Gasteiger partial charge in [0.25, 0.3) is 0 Å². The fourth-order valence-corrected chi connectivity index (χ4v) is 3.54. The summed E-state index contributed by atoms with van der Waals surface area (Å²) in [6, 6.07) is 0. The molecule has 204 valence electrons. The molecule has 1 unspecified atom stereocenters. The standard InChI is InChI=1S/C27H42O9/c1-6-11-15-20(28)32-19(10-5)24-25(33-21(29)16-12-7-2)26(34-22(30)17-13-8-3)27(36-24)35-23(31)18-14-9-4/h5,19,24-27H,6-9,11-18H2,1-4H3/t19-,24?,25+,26-,27+/m0/s1. The van der Waals surface area contributed by atoms with E-state index in [0.29, 0.717) is 25.7 Å². The number of esters is 4. The van der Waals surface area contributed by atoms with Crippen molar-refractivity contribution in [1.82, 2.24) is 0 Å². The lowest BCUT2D eigenvalue weighted by Crippen LogP contribution is -2.45. The zero-order chi connectivity index (χ0) is 26.9. The van der Waals surface area contributed by atoms with Gasteiger partial charge in [-0.2, -0.15) is 0 Å². The third-order valence-corrected chi connectivity index (χ3v) is 5.65. The smallest absolute Gasteiger partial charge is 0.308 e. The van der Waals surface area contributed by atoms with Gasteiger partial charge in [-0.25, -0.2) is 0 Å². The van der Waals surface area contributed by atoms with Gasteiger partial charge in [-0.3, -0.25) is 19.2 Å². The van der Waals surface area contributed by atoms with Crippen LogP contribution in [0.2, 0.25) is 0 Å². The van der Waals surface area contributed by atoms with Crippen LogP contribution in [0.3, 0.4) is 0 Å². The number of rotatable bonds is 17. The van der Waals surface area contributed by atoms with Crippen LogP contribution in [-0.2, 0) is 42.9 Å². The first kappa shape index (κ1) is 31.4. The summed E-state index contributed by atoms with van der Waals surface area (Å²) in [6.45, 7) is 7.74. The van der Waals surface area contributed by atoms with E-state index in [1.807, 2.05) is 27.7 Å². The molecule has 0 aromatic heterocycles. The first-order valence-corrected chi connectivity index (χ1v) is 13.2. The number of terminal acetylenes is 1. The van der Waals surface area contributed by atoms with Crippen molar-refractivity contribution in [2.24, 2.45) is 0 Å². The maximum atomic E-state index is 12.6. The lowest BCUT2D eigenvalue weighted by molar-refractivity contribution is -0.201. The molecule has 0 aromatic carbocycles. The number of hydrogen-bond acceptors (Lipinski definition) is 9. The van der Waals surface area contributed by atoms with E-state index >= 15 is 0 Å². The normalized spacial score (nSPS) is 21.8. The molecule has 0 bridgehead atoms. The van der Waals surface area contributed by atoms with Crippen molar-refractivity contribution in [3.8, 4) is 12.3 Å². The molecule has 0 saturated carbocycles. The number of carbonyl (C=O) groups excluding carboxylic acids is 4. The molecule has 0 N–H and O–H groups in total. The molecule has 0 aromatic rings. The molecule has 1 fully saturated rings. The summed E-state index contributed by atoms with van der Waals surface area (Å²) in [4.78, 5) is 49.8. The van der Waals surface area contributed by atoms with Gasteiger partial charge in [-0.15, -0.1) is 6.42 Å². The average molecular weight is 511 g/mol. The van der Waals surface area contributed by atoms with Crippen LogP contribution in [0.1, 0.15) is 105 Å². The molecular formula is C27H42O9. The molecule has 36 heavy (non-hydrogen) atoms. The van der Waals surface area contributed by atoms with Crippen LogP contribution in [0.15, 0.2) is 0 Å². The zero-order valence-corrected chi connectivity index (χ0v) is 22.1. The minimum atomic E-state index is -1.36. The number of hydrogen-bond donors (Lipinski definition) is 0. The van der Waals surface area contributed by atoms with Gasteiger partial charge >= 0.3 is 23.9 Å². The quantitative estimate of drug-likeness (QED) is 0.160. The van der Waals surface area contributed by atoms with Crippen LogP contribution in [0.4, 0.5) is 0 Å². The minimum absolute atomic E-state index is 0.133. The van der Waals surface area contributed by atoms with Gasteiger partial charge in [0.05, 0.1) is 0 Å². The highest BCUT2D eigenvalue weighted by molar-refractivity contribution is 5.72. The van der Waals surface area contributed by atoms with Crippen LogP contribution >= 0.6 is 0 Å². The van der Waals surface area contributed by atoms with E-state index in [0.717, 1.165) is 25.7 Å². The Morgan fingerprint density at radius 3 is 1.56 bits per heavy atom. The van der Waals surface area contributed by atoms with Gasteiger partial charge in [-0.1, -0.05) is 59.3 Å². The Morgan fingerprint density at radius 2 is 1.11 bits per heavy atom. The van der Waals surface area contributed by atoms with Crippen LogP contribution in [-0.4, -0.2) is 54.6 Å². The first-order valence-electron chi connectivity index (χ1n) is 13.2. The zero-order valence-electron chi connectivity index (χ0n) is 22.1. The summed E-state index contributed by atoms with van der Waals surface area (Å²) >= 11 is 0. The van der Waals surface area contributed by atoms with Gasteiger partial charge in [0.1, 0.15) is 0 Å². The Labute approximate surface area is 214 Å². The Bertz CT molecular complexity index is 742. The molecule has 1 aliphatic heterocycles. The maximum Gasteiger partial charge on any atom is 0.308 e. The van der Waals surface area contributed by atoms with E-state index in [-0.39, 0.29) is 25.7 Å². The molecule has 1 saturated heterocycles. The molecule has 9 heteroatoms. The third-order valence-electron chi connectivity index (χ3n) is 5.65. The highest BCUT2D eigenvalue weighted by Crippen LogP contribution is 2.32. The number of ether oxygens (including phenoxy) is 5. The fraction of sp³-hybridized carbons (Fsp3) is 0.778. The van der Waals surface area contributed by atoms with Crippen molar-refractivity contribution in [2.75, 3.05) is 0 Å². The summed E-state index contributed by atoms with van der Waals surface area (Å²) < 4.78 is 28.1. The SMILES string of the molecule is C#C[C@H](OC(=O)CCCC)C1O[C@@H](OC(=O)CCCC)[C@@H](OC(=O)CCCC)[C@@H]1OC(=O)CCCC. The molecule has 1 heterocycles. The summed E-state index contributed by atoms with van der Waals surface area (Å²) in [5.74, 6) is 0.201. The predicted molar refractivity (Wildman–Crippen MR) is 131 cm³/mol. The van der Waals surface area contributed by atoms with Gasteiger partial charge in [0, 0.05) is 25.7 Å². The van der Waals surface area contributed by atoms with Crippen molar-refractivity contribution in [1.29, 1.82) is 0 Å². The molecule has 0 amide bonds. The largest absolute Gasteiger partial charge is 0.455 e. The number of unbranched alkanes of at least 4 members (excludes halogenated alkanes) is 4. The number of carbonyl (C=O) groups is 4. The predicted octanol–water partition coefficient (Wildman–Crippen LogP) is 4.38. The van der Waals surface area contributed by atoms with Crippen molar-refractivity contribution < 1.29 is 42.9 Å². The lowest BCUT2D eigenvalue weighted by Gasteiger charge is -2.26. The Kier molecular flexibility index (Phi) is 15.5. The van der Waals surface area contributed by atoms with Crippen molar-refractivity contribution >= 4 is 23.9 Å². The second kappa shape index (κ2) is 17.8. The molecular weight excluding hydrogens is 468 g/mol. The summed E-state index contributed by atoms with van der Waals surface area (Å²) in [6.07, 6.45) is 5.51. The van der Waals surface area contributed by atoms with Crippen LogP contribution in [0.5, 0.6) is 0 Å². The highest BCUT2D eigenvalue weighted by Gasteiger charge is 2.55. The van der Waals surface area contributed by atoms with Crippen molar-refractivity contribution in [3.05, 3.63) is 0 Å². The van der Waals surface area contributed by atoms with Crippen molar-refractivity contribution in [3.63, 3.8) is 0 Å². The van der Waals surface area contributed by atoms with E-state index in [2.05, 4.69) is 5.92 Å². The second-order valence-electron chi connectivity index (χ2n) is 8.86. The Balaban J connectivity index is 3.24. The molecule has 9 nitrogen and oxygen atoms in total. The van der Waals surface area contributed by atoms with Gasteiger partial charge in [-0.05, 0) is 25.7 Å². The molecule has 0 radical (unpaired) electrons. The highest BCUT2D eigenvalue weighted by atomic mass is 16.8. The van der Waals surface area contributed by atoms with Gasteiger partial charge in [0.15, 0.2) is 18.3 Å². The van der Waals surface area contributed by atoms with Crippen LogP contribution < -0.4 is 0 Å². The van der Waals surface area contributed by atoms with E-state index in [1.165, 1.54) is 0 Å². The Morgan fingerprint density at radius 1 is 0.694 bits per heavy atom. The second-order valence-corrected chi connectivity index (χ2v) is 8.86. The molecule has 0 aliphatic carbocycles. The van der Waals surface area contributed by atoms with Crippen LogP contribution in [0, 0.1) is 12.3 Å². The monoisotopic (exact) mass is 510 g/mol. The molecule has 1 aliphatic rings. The van der Waals surface area contributed by atoms with Gasteiger partial charge < -0.3 is 23.7 Å².